The first-order chi connectivity index (χ1) is 7.26. The summed E-state index contributed by atoms with van der Waals surface area (Å²) in [7, 11) is 1.40. The molecule has 0 fully saturated rings. The van der Waals surface area contributed by atoms with Crippen molar-refractivity contribution in [2.24, 2.45) is 0 Å². The fourth-order valence-electron chi connectivity index (χ4n) is 1.24. The maximum atomic E-state index is 10.9. The smallest absolute Gasteiger partial charge is 0.306 e. The van der Waals surface area contributed by atoms with Crippen molar-refractivity contribution in [1.29, 1.82) is 0 Å². The van der Waals surface area contributed by atoms with Gasteiger partial charge in [-0.2, -0.15) is 0 Å². The number of carbonyl (C=O) groups is 1. The highest BCUT2D eigenvalue weighted by Gasteiger charge is 2.08. The highest BCUT2D eigenvalue weighted by atomic mass is 16.5. The minimum absolute atomic E-state index is 0.189. The minimum atomic E-state index is -0.189. The van der Waals surface area contributed by atoms with Gasteiger partial charge in [0.25, 0.3) is 0 Å². The van der Waals surface area contributed by atoms with Crippen molar-refractivity contribution in [2.75, 3.05) is 20.2 Å². The highest BCUT2D eigenvalue weighted by Crippen LogP contribution is 2.03. The van der Waals surface area contributed by atoms with Crippen molar-refractivity contribution in [2.45, 2.75) is 19.9 Å². The summed E-state index contributed by atoms with van der Waals surface area (Å²) in [4.78, 5) is 13.0. The molecule has 0 bridgehead atoms. The molecular weight excluding hydrogens is 196 g/mol. The number of ether oxygens (including phenoxy) is 1. The Balaban J connectivity index is 2.33. The van der Waals surface area contributed by atoms with Crippen LogP contribution in [0.25, 0.3) is 0 Å². The Hall–Kier alpha value is -1.36. The van der Waals surface area contributed by atoms with Gasteiger partial charge in [0.15, 0.2) is 5.76 Å². The molecule has 0 spiro atoms. The van der Waals surface area contributed by atoms with E-state index in [0.29, 0.717) is 19.5 Å². The quantitative estimate of drug-likeness (QED) is 0.660. The summed E-state index contributed by atoms with van der Waals surface area (Å²) in [6.07, 6.45) is 2.02. The number of rotatable bonds is 6. The molecule has 0 atom stereocenters. The number of carbonyl (C=O) groups excluding carboxylic acids is 1. The van der Waals surface area contributed by atoms with Gasteiger partial charge < -0.3 is 9.26 Å². The summed E-state index contributed by atoms with van der Waals surface area (Å²) < 4.78 is 9.57. The lowest BCUT2D eigenvalue weighted by atomic mass is 10.3. The number of aromatic nitrogens is 1. The van der Waals surface area contributed by atoms with E-state index in [1.807, 2.05) is 13.0 Å². The van der Waals surface area contributed by atoms with Crippen LogP contribution in [0.3, 0.4) is 0 Å². The van der Waals surface area contributed by atoms with E-state index in [0.717, 1.165) is 12.3 Å². The zero-order chi connectivity index (χ0) is 11.1. The van der Waals surface area contributed by atoms with Gasteiger partial charge in [-0.25, -0.2) is 0 Å². The molecule has 0 aliphatic heterocycles. The van der Waals surface area contributed by atoms with Crippen LogP contribution in [0.2, 0.25) is 0 Å². The summed E-state index contributed by atoms with van der Waals surface area (Å²) in [5.41, 5.74) is 0. The van der Waals surface area contributed by atoms with Gasteiger partial charge in [-0.15, -0.1) is 0 Å². The van der Waals surface area contributed by atoms with Crippen molar-refractivity contribution in [1.82, 2.24) is 10.1 Å². The van der Waals surface area contributed by atoms with Gasteiger partial charge in [-0.1, -0.05) is 12.1 Å². The van der Waals surface area contributed by atoms with E-state index in [1.165, 1.54) is 7.11 Å². The van der Waals surface area contributed by atoms with Crippen molar-refractivity contribution >= 4 is 5.97 Å². The normalized spacial score (nSPS) is 10.6. The monoisotopic (exact) mass is 212 g/mol. The predicted molar refractivity (Wildman–Crippen MR) is 54.1 cm³/mol. The Morgan fingerprint density at radius 3 is 3.00 bits per heavy atom. The van der Waals surface area contributed by atoms with Crippen LogP contribution in [0.5, 0.6) is 0 Å². The third kappa shape index (κ3) is 4.12. The largest absolute Gasteiger partial charge is 0.469 e. The van der Waals surface area contributed by atoms with Crippen molar-refractivity contribution in [3.63, 3.8) is 0 Å². The number of hydrogen-bond donors (Lipinski definition) is 0. The molecule has 84 valence electrons. The summed E-state index contributed by atoms with van der Waals surface area (Å²) >= 11 is 0. The molecule has 15 heavy (non-hydrogen) atoms. The second-order valence-corrected chi connectivity index (χ2v) is 3.17. The highest BCUT2D eigenvalue weighted by molar-refractivity contribution is 5.69. The Bertz CT molecular complexity index is 285. The maximum Gasteiger partial charge on any atom is 0.306 e. The number of nitrogens with zero attached hydrogens (tertiary/aromatic N) is 2. The molecule has 0 N–H and O–H groups in total. The topological polar surface area (TPSA) is 55.6 Å². The SMILES string of the molecule is CCN(CCC(=O)OC)Cc1ccno1. The number of hydrogen-bond acceptors (Lipinski definition) is 5. The van der Waals surface area contributed by atoms with Crippen LogP contribution < -0.4 is 0 Å². The van der Waals surface area contributed by atoms with Gasteiger partial charge in [0, 0.05) is 12.6 Å². The molecule has 0 saturated heterocycles. The van der Waals surface area contributed by atoms with Gasteiger partial charge in [0.1, 0.15) is 0 Å². The van der Waals surface area contributed by atoms with E-state index in [-0.39, 0.29) is 5.97 Å². The lowest BCUT2D eigenvalue weighted by Gasteiger charge is -2.17. The zero-order valence-electron chi connectivity index (χ0n) is 9.10. The molecule has 0 unspecified atom stereocenters. The van der Waals surface area contributed by atoms with E-state index in [4.69, 9.17) is 4.52 Å². The van der Waals surface area contributed by atoms with Crippen LogP contribution in [0.15, 0.2) is 16.8 Å². The Morgan fingerprint density at radius 1 is 1.67 bits per heavy atom. The van der Waals surface area contributed by atoms with Crippen LogP contribution in [0.4, 0.5) is 0 Å². The molecule has 0 radical (unpaired) electrons. The summed E-state index contributed by atoms with van der Waals surface area (Å²) in [5.74, 6) is 0.618. The van der Waals surface area contributed by atoms with E-state index >= 15 is 0 Å². The second kappa shape index (κ2) is 6.19. The third-order valence-electron chi connectivity index (χ3n) is 2.18. The molecule has 0 aromatic carbocycles. The molecule has 1 heterocycles. The van der Waals surface area contributed by atoms with E-state index in [9.17, 15) is 4.79 Å². The maximum absolute atomic E-state index is 10.9. The first kappa shape index (κ1) is 11.7. The van der Waals surface area contributed by atoms with Crippen LogP contribution in [0.1, 0.15) is 19.1 Å². The Kier molecular flexibility index (Phi) is 4.83. The van der Waals surface area contributed by atoms with Gasteiger partial charge >= 0.3 is 5.97 Å². The molecule has 0 saturated carbocycles. The summed E-state index contributed by atoms with van der Waals surface area (Å²) in [6.45, 7) is 4.24. The molecule has 0 aliphatic rings. The molecule has 0 aliphatic carbocycles. The van der Waals surface area contributed by atoms with E-state index in [2.05, 4.69) is 14.8 Å². The molecule has 5 nitrogen and oxygen atoms in total. The minimum Gasteiger partial charge on any atom is -0.469 e. The average molecular weight is 212 g/mol. The van der Waals surface area contributed by atoms with Crippen molar-refractivity contribution < 1.29 is 14.1 Å². The van der Waals surface area contributed by atoms with Crippen molar-refractivity contribution in [3.8, 4) is 0 Å². The molecular formula is C10H16N2O3. The average Bonchev–Trinajstić information content (AvgIpc) is 2.76. The second-order valence-electron chi connectivity index (χ2n) is 3.17. The summed E-state index contributed by atoms with van der Waals surface area (Å²) in [6, 6.07) is 1.82. The fourth-order valence-corrected chi connectivity index (χ4v) is 1.24. The standard InChI is InChI=1S/C10H16N2O3/c1-3-12(7-5-10(13)14-2)8-9-4-6-11-15-9/h4,6H,3,5,7-8H2,1-2H3. The third-order valence-corrected chi connectivity index (χ3v) is 2.18. The predicted octanol–water partition coefficient (Wildman–Crippen LogP) is 1.06. The molecule has 1 aromatic heterocycles. The lowest BCUT2D eigenvalue weighted by molar-refractivity contribution is -0.141. The molecule has 5 heteroatoms. The molecule has 1 aromatic rings. The Labute approximate surface area is 89.0 Å². The summed E-state index contributed by atoms with van der Waals surface area (Å²) in [5, 5.41) is 3.63. The van der Waals surface area contributed by atoms with Crippen LogP contribution in [0, 0.1) is 0 Å². The van der Waals surface area contributed by atoms with Crippen LogP contribution in [-0.2, 0) is 16.1 Å². The number of methoxy groups -OCH3 is 1. The zero-order valence-corrected chi connectivity index (χ0v) is 9.10. The first-order valence-corrected chi connectivity index (χ1v) is 4.95. The Morgan fingerprint density at radius 2 is 2.47 bits per heavy atom. The van der Waals surface area contributed by atoms with Gasteiger partial charge in [0.05, 0.1) is 26.3 Å². The molecule has 1 rings (SSSR count). The van der Waals surface area contributed by atoms with E-state index in [1.54, 1.807) is 6.20 Å². The van der Waals surface area contributed by atoms with Gasteiger partial charge in [0.2, 0.25) is 0 Å². The van der Waals surface area contributed by atoms with E-state index < -0.39 is 0 Å². The number of esters is 1. The van der Waals surface area contributed by atoms with Crippen LogP contribution >= 0.6 is 0 Å². The van der Waals surface area contributed by atoms with Gasteiger partial charge in [-0.3, -0.25) is 9.69 Å². The molecule has 0 amide bonds. The fraction of sp³-hybridized carbons (Fsp3) is 0.600. The van der Waals surface area contributed by atoms with Gasteiger partial charge in [-0.05, 0) is 6.54 Å². The van der Waals surface area contributed by atoms with Crippen LogP contribution in [-0.4, -0.2) is 36.2 Å². The van der Waals surface area contributed by atoms with Crippen molar-refractivity contribution in [3.05, 3.63) is 18.0 Å². The lowest BCUT2D eigenvalue weighted by Crippen LogP contribution is -2.25. The first-order valence-electron chi connectivity index (χ1n) is 4.95.